The van der Waals surface area contributed by atoms with E-state index in [9.17, 15) is 29.8 Å². The summed E-state index contributed by atoms with van der Waals surface area (Å²) in [5.41, 5.74) is 0.672. The number of nitro benzene ring substituents is 2. The third-order valence-corrected chi connectivity index (χ3v) is 4.06. The second-order valence-corrected chi connectivity index (χ2v) is 6.06. The van der Waals surface area contributed by atoms with Crippen molar-refractivity contribution in [2.75, 3.05) is 11.9 Å². The molecule has 2 aromatic carbocycles. The Bertz CT molecular complexity index is 985. The smallest absolute Gasteiger partial charge is 0.345 e. The van der Waals surface area contributed by atoms with Gasteiger partial charge in [0.05, 0.1) is 9.85 Å². The number of ether oxygens (including phenoxy) is 1. The first-order valence-corrected chi connectivity index (χ1v) is 8.08. The van der Waals surface area contributed by atoms with E-state index in [-0.39, 0.29) is 22.5 Å². The van der Waals surface area contributed by atoms with E-state index in [1.807, 2.05) is 0 Å². The van der Waals surface area contributed by atoms with E-state index >= 15 is 0 Å². The number of nitrogens with zero attached hydrogens (tertiary/aromatic N) is 2. The highest BCUT2D eigenvalue weighted by Gasteiger charge is 2.24. The maximum absolute atomic E-state index is 12.1. The first-order chi connectivity index (χ1) is 13.1. The molecule has 0 heterocycles. The van der Waals surface area contributed by atoms with Crippen LogP contribution in [-0.4, -0.2) is 28.3 Å². The molecular formula is C18H17N3O7. The minimum absolute atomic E-state index is 0.0318. The summed E-state index contributed by atoms with van der Waals surface area (Å²) < 4.78 is 4.84. The molecule has 0 saturated heterocycles. The van der Waals surface area contributed by atoms with E-state index in [1.165, 1.54) is 37.3 Å². The second-order valence-electron chi connectivity index (χ2n) is 6.06. The topological polar surface area (TPSA) is 142 Å². The molecule has 1 amide bonds. The van der Waals surface area contributed by atoms with Gasteiger partial charge in [0.2, 0.25) is 0 Å². The number of nitro groups is 2. The van der Waals surface area contributed by atoms with Gasteiger partial charge in [0.1, 0.15) is 11.3 Å². The van der Waals surface area contributed by atoms with Crippen LogP contribution < -0.4 is 5.32 Å². The van der Waals surface area contributed by atoms with Gasteiger partial charge in [-0.3, -0.25) is 25.0 Å². The van der Waals surface area contributed by atoms with Crippen molar-refractivity contribution in [2.24, 2.45) is 0 Å². The molecule has 1 N–H and O–H groups in total. The molecule has 0 aromatic heterocycles. The summed E-state index contributed by atoms with van der Waals surface area (Å²) in [6, 6.07) is 6.92. The molecule has 0 unspecified atom stereocenters. The quantitative estimate of drug-likeness (QED) is 0.455. The van der Waals surface area contributed by atoms with E-state index in [1.54, 1.807) is 13.8 Å². The second kappa shape index (κ2) is 8.25. The van der Waals surface area contributed by atoms with E-state index in [4.69, 9.17) is 4.74 Å². The Balaban J connectivity index is 2.13. The first-order valence-electron chi connectivity index (χ1n) is 8.08. The number of para-hydroxylation sites is 1. The zero-order chi connectivity index (χ0) is 21.0. The van der Waals surface area contributed by atoms with Crippen LogP contribution in [0.15, 0.2) is 30.3 Å². The van der Waals surface area contributed by atoms with Crippen molar-refractivity contribution in [1.82, 2.24) is 0 Å². The number of hydrogen-bond donors (Lipinski definition) is 1. The van der Waals surface area contributed by atoms with Gasteiger partial charge in [-0.05, 0) is 44.0 Å². The number of anilines is 1. The number of carbonyl (C=O) groups is 2. The van der Waals surface area contributed by atoms with Crippen LogP contribution in [0.1, 0.15) is 27.0 Å². The third-order valence-electron chi connectivity index (χ3n) is 4.06. The molecule has 2 rings (SSSR count). The Morgan fingerprint density at radius 3 is 2.25 bits per heavy atom. The molecule has 28 heavy (non-hydrogen) atoms. The van der Waals surface area contributed by atoms with Crippen molar-refractivity contribution < 1.29 is 24.2 Å². The molecule has 0 atom stereocenters. The van der Waals surface area contributed by atoms with Gasteiger partial charge >= 0.3 is 5.97 Å². The van der Waals surface area contributed by atoms with Crippen LogP contribution >= 0.6 is 0 Å². The lowest BCUT2D eigenvalue weighted by Crippen LogP contribution is -2.22. The van der Waals surface area contributed by atoms with Crippen LogP contribution in [-0.2, 0) is 9.53 Å². The fourth-order valence-electron chi connectivity index (χ4n) is 2.51. The van der Waals surface area contributed by atoms with Gasteiger partial charge in [-0.25, -0.2) is 4.79 Å². The molecule has 0 aliphatic carbocycles. The fourth-order valence-corrected chi connectivity index (χ4v) is 2.51. The Morgan fingerprint density at radius 1 is 1.00 bits per heavy atom. The highest BCUT2D eigenvalue weighted by Crippen LogP contribution is 2.28. The lowest BCUT2D eigenvalue weighted by Gasteiger charge is -2.10. The SMILES string of the molecule is Cc1cc(NC(=O)COC(=O)c2cccc(C)c2[N+](=O)[O-])c([N+](=O)[O-])cc1C. The minimum atomic E-state index is -1.04. The van der Waals surface area contributed by atoms with Crippen LogP contribution in [0.25, 0.3) is 0 Å². The Morgan fingerprint density at radius 2 is 1.64 bits per heavy atom. The maximum Gasteiger partial charge on any atom is 0.345 e. The molecule has 146 valence electrons. The van der Waals surface area contributed by atoms with Crippen LogP contribution in [0.3, 0.4) is 0 Å². The van der Waals surface area contributed by atoms with Gasteiger partial charge in [-0.1, -0.05) is 12.1 Å². The van der Waals surface area contributed by atoms with E-state index < -0.39 is 34.0 Å². The molecule has 0 aliphatic rings. The summed E-state index contributed by atoms with van der Waals surface area (Å²) in [5, 5.41) is 24.6. The van der Waals surface area contributed by atoms with Crippen molar-refractivity contribution in [1.29, 1.82) is 0 Å². The molecule has 0 bridgehead atoms. The van der Waals surface area contributed by atoms with Crippen LogP contribution in [0.2, 0.25) is 0 Å². The average molecular weight is 387 g/mol. The predicted octanol–water partition coefficient (Wildman–Crippen LogP) is 3.22. The lowest BCUT2D eigenvalue weighted by molar-refractivity contribution is -0.385. The van der Waals surface area contributed by atoms with Gasteiger partial charge in [0, 0.05) is 11.6 Å². The average Bonchev–Trinajstić information content (AvgIpc) is 2.61. The summed E-state index contributed by atoms with van der Waals surface area (Å²) >= 11 is 0. The van der Waals surface area contributed by atoms with Crippen molar-refractivity contribution in [3.8, 4) is 0 Å². The Kier molecular flexibility index (Phi) is 6.04. The van der Waals surface area contributed by atoms with Gasteiger partial charge in [-0.15, -0.1) is 0 Å². The standard InChI is InChI=1S/C18H17N3O7/c1-10-5-4-6-13(17(10)21(26)27)18(23)28-9-16(22)19-14-7-11(2)12(3)8-15(14)20(24)25/h4-8H,9H2,1-3H3,(H,19,22). The molecule has 0 aliphatic heterocycles. The predicted molar refractivity (Wildman–Crippen MR) is 99.3 cm³/mol. The number of hydrogen-bond acceptors (Lipinski definition) is 7. The number of carbonyl (C=O) groups excluding carboxylic acids is 2. The first kappa shape index (κ1) is 20.5. The number of esters is 1. The molecule has 0 radical (unpaired) electrons. The molecule has 0 saturated carbocycles. The molecule has 0 fully saturated rings. The van der Waals surface area contributed by atoms with Crippen LogP contribution in [0.5, 0.6) is 0 Å². The van der Waals surface area contributed by atoms with Crippen molar-refractivity contribution in [3.05, 3.63) is 72.8 Å². The highest BCUT2D eigenvalue weighted by atomic mass is 16.6. The summed E-state index contributed by atoms with van der Waals surface area (Å²) in [5.74, 6) is -1.85. The summed E-state index contributed by atoms with van der Waals surface area (Å²) in [7, 11) is 0. The normalized spacial score (nSPS) is 10.2. The van der Waals surface area contributed by atoms with Crippen molar-refractivity contribution in [3.63, 3.8) is 0 Å². The van der Waals surface area contributed by atoms with Gasteiger partial charge in [-0.2, -0.15) is 0 Å². The highest BCUT2D eigenvalue weighted by molar-refractivity contribution is 5.98. The fraction of sp³-hybridized carbons (Fsp3) is 0.222. The van der Waals surface area contributed by atoms with Crippen LogP contribution in [0.4, 0.5) is 17.1 Å². The number of nitrogens with one attached hydrogen (secondary N) is 1. The largest absolute Gasteiger partial charge is 0.452 e. The zero-order valence-corrected chi connectivity index (χ0v) is 15.3. The summed E-state index contributed by atoms with van der Waals surface area (Å²) in [4.78, 5) is 45.2. The molecule has 0 spiro atoms. The minimum Gasteiger partial charge on any atom is -0.452 e. The Hall–Kier alpha value is -3.82. The number of benzene rings is 2. The van der Waals surface area contributed by atoms with E-state index in [2.05, 4.69) is 5.32 Å². The molecular weight excluding hydrogens is 370 g/mol. The Labute approximate surface area is 159 Å². The lowest BCUT2D eigenvalue weighted by atomic mass is 10.1. The number of amides is 1. The van der Waals surface area contributed by atoms with Crippen molar-refractivity contribution in [2.45, 2.75) is 20.8 Å². The molecule has 10 nitrogen and oxygen atoms in total. The van der Waals surface area contributed by atoms with Gasteiger partial charge in [0.25, 0.3) is 17.3 Å². The summed E-state index contributed by atoms with van der Waals surface area (Å²) in [6.45, 7) is 4.14. The molecule has 10 heteroatoms. The number of aryl methyl sites for hydroxylation is 3. The van der Waals surface area contributed by atoms with Gasteiger partial charge in [0.15, 0.2) is 6.61 Å². The van der Waals surface area contributed by atoms with Crippen molar-refractivity contribution >= 4 is 28.9 Å². The van der Waals surface area contributed by atoms with E-state index in [0.717, 1.165) is 5.56 Å². The van der Waals surface area contributed by atoms with Crippen LogP contribution in [0, 0.1) is 41.0 Å². The maximum atomic E-state index is 12.1. The monoisotopic (exact) mass is 387 g/mol. The molecule has 2 aromatic rings. The zero-order valence-electron chi connectivity index (χ0n) is 15.3. The third kappa shape index (κ3) is 4.47. The van der Waals surface area contributed by atoms with Gasteiger partial charge < -0.3 is 10.1 Å². The number of rotatable bonds is 6. The summed E-state index contributed by atoms with van der Waals surface area (Å²) in [6.07, 6.45) is 0. The van der Waals surface area contributed by atoms with E-state index in [0.29, 0.717) is 5.56 Å².